The lowest BCUT2D eigenvalue weighted by Gasteiger charge is -2.09. The maximum absolute atomic E-state index is 3.54. The monoisotopic (exact) mass is 253 g/mol. The van der Waals surface area contributed by atoms with E-state index in [-0.39, 0.29) is 0 Å². The number of aryl methyl sites for hydroxylation is 2. The quantitative estimate of drug-likeness (QED) is 0.767. The smallest absolute Gasteiger partial charge is 0.0208 e. The van der Waals surface area contributed by atoms with E-state index in [9.17, 15) is 0 Å². The molecule has 0 aliphatic rings. The molecule has 0 aromatic heterocycles. The first-order chi connectivity index (χ1) is 9.27. The van der Waals surface area contributed by atoms with E-state index in [0.29, 0.717) is 0 Å². The first-order valence-corrected chi connectivity index (χ1v) is 7.07. The second-order valence-corrected chi connectivity index (χ2v) is 5.12. The number of nitrogens with one attached hydrogen (secondary N) is 1. The average molecular weight is 253 g/mol. The van der Waals surface area contributed by atoms with Gasteiger partial charge in [-0.1, -0.05) is 48.5 Å². The molecule has 0 aliphatic carbocycles. The highest BCUT2D eigenvalue weighted by Gasteiger charge is 1.99. The minimum atomic E-state index is 0.975. The van der Waals surface area contributed by atoms with Crippen molar-refractivity contribution in [3.8, 4) is 0 Å². The van der Waals surface area contributed by atoms with Crippen LogP contribution in [0.15, 0.2) is 48.5 Å². The topological polar surface area (TPSA) is 12.0 Å². The van der Waals surface area contributed by atoms with Crippen LogP contribution in [0.1, 0.15) is 28.7 Å². The van der Waals surface area contributed by atoms with Crippen molar-refractivity contribution >= 4 is 0 Å². The summed E-state index contributed by atoms with van der Waals surface area (Å²) < 4.78 is 0. The normalized spacial score (nSPS) is 10.6. The fraction of sp³-hybridized carbons (Fsp3) is 0.333. The highest BCUT2D eigenvalue weighted by molar-refractivity contribution is 5.32. The van der Waals surface area contributed by atoms with Gasteiger partial charge in [-0.05, 0) is 55.5 Å². The van der Waals surface area contributed by atoms with Crippen LogP contribution < -0.4 is 5.32 Å². The Morgan fingerprint density at radius 2 is 1.68 bits per heavy atom. The summed E-state index contributed by atoms with van der Waals surface area (Å²) in [6.07, 6.45) is 2.34. The van der Waals surface area contributed by atoms with Crippen LogP contribution in [0.5, 0.6) is 0 Å². The Bertz CT molecular complexity index is 502. The summed E-state index contributed by atoms with van der Waals surface area (Å²) in [4.78, 5) is 0. The molecule has 0 amide bonds. The van der Waals surface area contributed by atoms with E-state index < -0.39 is 0 Å². The van der Waals surface area contributed by atoms with Gasteiger partial charge in [-0.2, -0.15) is 0 Å². The first-order valence-electron chi connectivity index (χ1n) is 7.07. The van der Waals surface area contributed by atoms with E-state index in [2.05, 4.69) is 67.7 Å². The Kier molecular flexibility index (Phi) is 5.17. The average Bonchev–Trinajstić information content (AvgIpc) is 2.44. The molecular formula is C18H23N. The van der Waals surface area contributed by atoms with Crippen molar-refractivity contribution in [3.05, 3.63) is 70.8 Å². The Labute approximate surface area is 116 Å². The van der Waals surface area contributed by atoms with Crippen LogP contribution in [0.25, 0.3) is 0 Å². The molecule has 1 nitrogen and oxygen atoms in total. The summed E-state index contributed by atoms with van der Waals surface area (Å²) in [6, 6.07) is 17.2. The van der Waals surface area contributed by atoms with Crippen molar-refractivity contribution < 1.29 is 0 Å². The maximum Gasteiger partial charge on any atom is 0.0208 e. The number of hydrogen-bond acceptors (Lipinski definition) is 1. The van der Waals surface area contributed by atoms with E-state index in [4.69, 9.17) is 0 Å². The van der Waals surface area contributed by atoms with E-state index in [0.717, 1.165) is 19.5 Å². The van der Waals surface area contributed by atoms with Crippen LogP contribution in [-0.2, 0) is 13.0 Å². The van der Waals surface area contributed by atoms with Crippen LogP contribution in [0.2, 0.25) is 0 Å². The fourth-order valence-electron chi connectivity index (χ4n) is 2.29. The van der Waals surface area contributed by atoms with Crippen molar-refractivity contribution in [3.63, 3.8) is 0 Å². The summed E-state index contributed by atoms with van der Waals surface area (Å²) >= 11 is 0. The Hall–Kier alpha value is -1.60. The van der Waals surface area contributed by atoms with Gasteiger partial charge in [0.2, 0.25) is 0 Å². The van der Waals surface area contributed by atoms with E-state index >= 15 is 0 Å². The minimum Gasteiger partial charge on any atom is -0.313 e. The zero-order valence-electron chi connectivity index (χ0n) is 11.9. The summed E-state index contributed by atoms with van der Waals surface area (Å²) in [5, 5.41) is 3.54. The van der Waals surface area contributed by atoms with Crippen molar-refractivity contribution in [2.24, 2.45) is 0 Å². The molecule has 0 atom stereocenters. The van der Waals surface area contributed by atoms with Gasteiger partial charge in [0.05, 0.1) is 0 Å². The van der Waals surface area contributed by atoms with Gasteiger partial charge in [-0.3, -0.25) is 0 Å². The molecule has 1 heteroatoms. The summed E-state index contributed by atoms with van der Waals surface area (Å²) in [7, 11) is 0. The molecule has 0 bridgehead atoms. The molecule has 19 heavy (non-hydrogen) atoms. The van der Waals surface area contributed by atoms with E-state index in [1.165, 1.54) is 28.7 Å². The second kappa shape index (κ2) is 7.10. The van der Waals surface area contributed by atoms with Gasteiger partial charge in [-0.15, -0.1) is 0 Å². The number of benzene rings is 2. The maximum atomic E-state index is 3.54. The van der Waals surface area contributed by atoms with Crippen LogP contribution in [-0.4, -0.2) is 6.54 Å². The lowest BCUT2D eigenvalue weighted by Crippen LogP contribution is -2.16. The molecule has 0 fully saturated rings. The third kappa shape index (κ3) is 4.22. The Morgan fingerprint density at radius 1 is 0.895 bits per heavy atom. The van der Waals surface area contributed by atoms with Gasteiger partial charge in [0.1, 0.15) is 0 Å². The zero-order valence-corrected chi connectivity index (χ0v) is 11.9. The summed E-state index contributed by atoms with van der Waals surface area (Å²) in [5.41, 5.74) is 5.64. The predicted molar refractivity (Wildman–Crippen MR) is 82.4 cm³/mol. The van der Waals surface area contributed by atoms with Gasteiger partial charge in [0.15, 0.2) is 0 Å². The molecule has 100 valence electrons. The number of rotatable bonds is 6. The molecule has 1 N–H and O–H groups in total. The van der Waals surface area contributed by atoms with Gasteiger partial charge < -0.3 is 5.32 Å². The highest BCUT2D eigenvalue weighted by atomic mass is 14.8. The molecule has 0 spiro atoms. The van der Waals surface area contributed by atoms with Crippen molar-refractivity contribution in [2.75, 3.05) is 6.54 Å². The van der Waals surface area contributed by atoms with Crippen LogP contribution in [0.3, 0.4) is 0 Å². The molecule has 0 saturated carbocycles. The van der Waals surface area contributed by atoms with Gasteiger partial charge in [-0.25, -0.2) is 0 Å². The third-order valence-electron chi connectivity index (χ3n) is 3.69. The Balaban J connectivity index is 1.71. The van der Waals surface area contributed by atoms with E-state index in [1.807, 2.05) is 0 Å². The van der Waals surface area contributed by atoms with Crippen molar-refractivity contribution in [1.82, 2.24) is 5.32 Å². The molecular weight excluding hydrogens is 230 g/mol. The fourth-order valence-corrected chi connectivity index (χ4v) is 2.29. The second-order valence-electron chi connectivity index (χ2n) is 5.12. The van der Waals surface area contributed by atoms with Gasteiger partial charge in [0, 0.05) is 6.54 Å². The summed E-state index contributed by atoms with van der Waals surface area (Å²) in [6.45, 7) is 6.43. The van der Waals surface area contributed by atoms with Gasteiger partial charge >= 0.3 is 0 Å². The molecule has 0 aliphatic heterocycles. The Morgan fingerprint density at radius 3 is 2.47 bits per heavy atom. The van der Waals surface area contributed by atoms with Crippen molar-refractivity contribution in [1.29, 1.82) is 0 Å². The zero-order chi connectivity index (χ0) is 13.5. The van der Waals surface area contributed by atoms with Gasteiger partial charge in [0.25, 0.3) is 0 Å². The van der Waals surface area contributed by atoms with E-state index in [1.54, 1.807) is 0 Å². The molecule has 0 heterocycles. The predicted octanol–water partition coefficient (Wildman–Crippen LogP) is 4.03. The largest absolute Gasteiger partial charge is 0.313 e. The lowest BCUT2D eigenvalue weighted by atomic mass is 10.0. The third-order valence-corrected chi connectivity index (χ3v) is 3.69. The summed E-state index contributed by atoms with van der Waals surface area (Å²) in [5.74, 6) is 0. The number of hydrogen-bond donors (Lipinski definition) is 1. The molecule has 0 radical (unpaired) electrons. The molecule has 2 aromatic carbocycles. The SMILES string of the molecule is Cc1cccc(CNCCCc2ccccc2)c1C. The van der Waals surface area contributed by atoms with Crippen LogP contribution in [0, 0.1) is 13.8 Å². The molecule has 2 rings (SSSR count). The van der Waals surface area contributed by atoms with Crippen molar-refractivity contribution in [2.45, 2.75) is 33.2 Å². The minimum absolute atomic E-state index is 0.975. The lowest BCUT2D eigenvalue weighted by molar-refractivity contribution is 0.647. The first kappa shape index (κ1) is 13.8. The van der Waals surface area contributed by atoms with Crippen LogP contribution >= 0.6 is 0 Å². The highest BCUT2D eigenvalue weighted by Crippen LogP contribution is 2.12. The standard InChI is InChI=1S/C18H23N/c1-15-8-6-12-18(16(15)2)14-19-13-7-11-17-9-4-3-5-10-17/h3-6,8-10,12,19H,7,11,13-14H2,1-2H3. The molecule has 0 saturated heterocycles. The molecule has 2 aromatic rings. The molecule has 0 unspecified atom stereocenters. The van der Waals surface area contributed by atoms with Crippen LogP contribution in [0.4, 0.5) is 0 Å².